The smallest absolute Gasteiger partial charge is 0.223 e. The fourth-order valence-electron chi connectivity index (χ4n) is 2.54. The van der Waals surface area contributed by atoms with E-state index in [9.17, 15) is 5.11 Å². The molecule has 2 heterocycles. The van der Waals surface area contributed by atoms with Crippen LogP contribution in [0, 0.1) is 13.8 Å². The second kappa shape index (κ2) is 8.40. The van der Waals surface area contributed by atoms with Gasteiger partial charge in [0.15, 0.2) is 0 Å². The van der Waals surface area contributed by atoms with Gasteiger partial charge in [0.2, 0.25) is 5.95 Å². The van der Waals surface area contributed by atoms with Crippen LogP contribution >= 0.6 is 0 Å². The highest BCUT2D eigenvalue weighted by molar-refractivity contribution is 5.58. The summed E-state index contributed by atoms with van der Waals surface area (Å²) < 4.78 is 5.70. The lowest BCUT2D eigenvalue weighted by molar-refractivity contribution is 0.117. The molecular formula is C20H22N4O2. The zero-order valence-corrected chi connectivity index (χ0v) is 14.9. The van der Waals surface area contributed by atoms with E-state index in [1.54, 1.807) is 18.6 Å². The molecule has 3 aromatic rings. The number of aliphatic hydroxyl groups excluding tert-OH is 1. The van der Waals surface area contributed by atoms with Crippen molar-refractivity contribution in [2.75, 3.05) is 18.5 Å². The molecule has 0 aliphatic rings. The number of ether oxygens (including phenoxy) is 1. The minimum atomic E-state index is -0.677. The van der Waals surface area contributed by atoms with Gasteiger partial charge in [-0.05, 0) is 43.7 Å². The lowest BCUT2D eigenvalue weighted by Gasteiger charge is -2.15. The summed E-state index contributed by atoms with van der Waals surface area (Å²) in [6.07, 6.45) is 4.45. The molecule has 0 saturated heterocycles. The summed E-state index contributed by atoms with van der Waals surface area (Å²) in [6.45, 7) is 4.52. The molecule has 6 heteroatoms. The largest absolute Gasteiger partial charge is 0.491 e. The fourth-order valence-corrected chi connectivity index (χ4v) is 2.54. The third-order valence-electron chi connectivity index (χ3n) is 3.89. The minimum absolute atomic E-state index is 0.195. The van der Waals surface area contributed by atoms with Crippen molar-refractivity contribution in [1.82, 2.24) is 15.0 Å². The van der Waals surface area contributed by atoms with Crippen LogP contribution in [0.3, 0.4) is 0 Å². The molecule has 26 heavy (non-hydrogen) atoms. The maximum atomic E-state index is 10.2. The molecule has 0 spiro atoms. The van der Waals surface area contributed by atoms with Crippen molar-refractivity contribution in [1.29, 1.82) is 0 Å². The first kappa shape index (κ1) is 17.8. The van der Waals surface area contributed by atoms with Gasteiger partial charge in [0.25, 0.3) is 0 Å². The summed E-state index contributed by atoms with van der Waals surface area (Å²) in [5.74, 6) is 1.25. The van der Waals surface area contributed by atoms with Gasteiger partial charge in [0.05, 0.1) is 5.69 Å². The predicted molar refractivity (Wildman–Crippen MR) is 101 cm³/mol. The zero-order valence-electron chi connectivity index (χ0n) is 14.9. The highest BCUT2D eigenvalue weighted by atomic mass is 16.5. The van der Waals surface area contributed by atoms with Gasteiger partial charge in [-0.2, -0.15) is 0 Å². The third-order valence-corrected chi connectivity index (χ3v) is 3.89. The number of rotatable bonds is 7. The van der Waals surface area contributed by atoms with E-state index in [1.165, 1.54) is 5.56 Å². The van der Waals surface area contributed by atoms with Crippen molar-refractivity contribution < 1.29 is 9.84 Å². The molecule has 134 valence electrons. The Hall–Kier alpha value is -2.99. The maximum Gasteiger partial charge on any atom is 0.223 e. The Morgan fingerprint density at radius 3 is 2.65 bits per heavy atom. The first-order valence-corrected chi connectivity index (χ1v) is 8.47. The SMILES string of the molecule is Cc1ccc(OCC(O)CNc2nccc(-c3ccncc3)n2)c(C)c1. The molecule has 0 saturated carbocycles. The lowest BCUT2D eigenvalue weighted by atomic mass is 10.1. The number of nitrogens with one attached hydrogen (secondary N) is 1. The van der Waals surface area contributed by atoms with Gasteiger partial charge in [0, 0.05) is 30.7 Å². The Morgan fingerprint density at radius 2 is 1.88 bits per heavy atom. The van der Waals surface area contributed by atoms with Crippen LogP contribution in [0.25, 0.3) is 11.3 Å². The molecule has 2 aromatic heterocycles. The monoisotopic (exact) mass is 350 g/mol. The first-order chi connectivity index (χ1) is 12.6. The highest BCUT2D eigenvalue weighted by Crippen LogP contribution is 2.19. The van der Waals surface area contributed by atoms with Crippen LogP contribution in [0.2, 0.25) is 0 Å². The molecule has 0 aliphatic carbocycles. The van der Waals surface area contributed by atoms with Crippen LogP contribution in [0.1, 0.15) is 11.1 Å². The van der Waals surface area contributed by atoms with Gasteiger partial charge < -0.3 is 15.2 Å². The molecule has 6 nitrogen and oxygen atoms in total. The van der Waals surface area contributed by atoms with E-state index >= 15 is 0 Å². The molecule has 0 bridgehead atoms. The van der Waals surface area contributed by atoms with Gasteiger partial charge in [-0.1, -0.05) is 17.7 Å². The van der Waals surface area contributed by atoms with Gasteiger partial charge >= 0.3 is 0 Å². The van der Waals surface area contributed by atoms with Crippen LogP contribution in [-0.2, 0) is 0 Å². The molecule has 0 fully saturated rings. The van der Waals surface area contributed by atoms with E-state index in [-0.39, 0.29) is 6.61 Å². The number of hydrogen-bond donors (Lipinski definition) is 2. The number of aromatic nitrogens is 3. The Morgan fingerprint density at radius 1 is 1.08 bits per heavy atom. The molecule has 1 aromatic carbocycles. The summed E-state index contributed by atoms with van der Waals surface area (Å²) >= 11 is 0. The average molecular weight is 350 g/mol. The molecular weight excluding hydrogens is 328 g/mol. The standard InChI is InChI=1S/C20H22N4O2/c1-14-3-4-19(15(2)11-14)26-13-17(25)12-23-20-22-10-7-18(24-20)16-5-8-21-9-6-16/h3-11,17,25H,12-13H2,1-2H3,(H,22,23,24). The number of benzene rings is 1. The van der Waals surface area contributed by atoms with E-state index in [0.717, 1.165) is 22.6 Å². The van der Waals surface area contributed by atoms with Crippen LogP contribution in [0.5, 0.6) is 5.75 Å². The van der Waals surface area contributed by atoms with Gasteiger partial charge in [0.1, 0.15) is 18.5 Å². The van der Waals surface area contributed by atoms with E-state index in [1.807, 2.05) is 44.2 Å². The summed E-state index contributed by atoms with van der Waals surface area (Å²) in [5, 5.41) is 13.2. The Kier molecular flexibility index (Phi) is 5.76. The van der Waals surface area contributed by atoms with Gasteiger partial charge in [-0.25, -0.2) is 9.97 Å². The Bertz CT molecular complexity index is 855. The zero-order chi connectivity index (χ0) is 18.4. The van der Waals surface area contributed by atoms with E-state index in [2.05, 4.69) is 26.3 Å². The maximum absolute atomic E-state index is 10.2. The van der Waals surface area contributed by atoms with E-state index < -0.39 is 6.10 Å². The second-order valence-electron chi connectivity index (χ2n) is 6.12. The van der Waals surface area contributed by atoms with Gasteiger partial charge in [-0.15, -0.1) is 0 Å². The average Bonchev–Trinajstić information content (AvgIpc) is 2.66. The second-order valence-corrected chi connectivity index (χ2v) is 6.12. The molecule has 1 unspecified atom stereocenters. The summed E-state index contributed by atoms with van der Waals surface area (Å²) in [7, 11) is 0. The normalized spacial score (nSPS) is 11.8. The molecule has 0 aliphatic heterocycles. The minimum Gasteiger partial charge on any atom is -0.491 e. The van der Waals surface area contributed by atoms with Crippen LogP contribution in [0.4, 0.5) is 5.95 Å². The molecule has 0 radical (unpaired) electrons. The van der Waals surface area contributed by atoms with Crippen molar-refractivity contribution in [3.63, 3.8) is 0 Å². The van der Waals surface area contributed by atoms with Crippen molar-refractivity contribution in [3.05, 3.63) is 66.1 Å². The Balaban J connectivity index is 1.54. The molecule has 1 atom stereocenters. The van der Waals surface area contributed by atoms with Gasteiger partial charge in [-0.3, -0.25) is 4.98 Å². The molecule has 0 amide bonds. The fraction of sp³-hybridized carbons (Fsp3) is 0.250. The summed E-state index contributed by atoms with van der Waals surface area (Å²) in [5.41, 5.74) is 4.00. The summed E-state index contributed by atoms with van der Waals surface area (Å²) in [4.78, 5) is 12.6. The number of hydrogen-bond acceptors (Lipinski definition) is 6. The van der Waals surface area contributed by atoms with Crippen molar-refractivity contribution in [2.45, 2.75) is 20.0 Å². The van der Waals surface area contributed by atoms with Crippen molar-refractivity contribution in [3.8, 4) is 17.0 Å². The Labute approximate surface area is 152 Å². The number of aliphatic hydroxyl groups is 1. The quantitative estimate of drug-likeness (QED) is 0.682. The van der Waals surface area contributed by atoms with Crippen LogP contribution in [-0.4, -0.2) is 39.3 Å². The van der Waals surface area contributed by atoms with Crippen molar-refractivity contribution in [2.24, 2.45) is 0 Å². The summed E-state index contributed by atoms with van der Waals surface area (Å²) in [6, 6.07) is 11.6. The third kappa shape index (κ3) is 4.77. The van der Waals surface area contributed by atoms with E-state index in [4.69, 9.17) is 4.74 Å². The number of pyridine rings is 1. The van der Waals surface area contributed by atoms with E-state index in [0.29, 0.717) is 12.5 Å². The first-order valence-electron chi connectivity index (χ1n) is 8.47. The number of nitrogens with zero attached hydrogens (tertiary/aromatic N) is 3. The predicted octanol–water partition coefficient (Wildman–Crippen LogP) is 3.01. The highest BCUT2D eigenvalue weighted by Gasteiger charge is 2.08. The van der Waals surface area contributed by atoms with Crippen LogP contribution in [0.15, 0.2) is 55.0 Å². The topological polar surface area (TPSA) is 80.2 Å². The lowest BCUT2D eigenvalue weighted by Crippen LogP contribution is -2.27. The number of anilines is 1. The van der Waals surface area contributed by atoms with Crippen molar-refractivity contribution >= 4 is 5.95 Å². The molecule has 2 N–H and O–H groups in total. The molecule has 3 rings (SSSR count). The number of aryl methyl sites for hydroxylation is 2. The van der Waals surface area contributed by atoms with Crippen LogP contribution < -0.4 is 10.1 Å².